The van der Waals surface area contributed by atoms with Crippen LogP contribution in [0.15, 0.2) is 21.7 Å². The second kappa shape index (κ2) is 6.20. The average molecular weight is 331 g/mol. The third-order valence-corrected chi connectivity index (χ3v) is 4.49. The zero-order chi connectivity index (χ0) is 17.4. The number of nitrogens with one attached hydrogen (secondary N) is 2. The van der Waals surface area contributed by atoms with Crippen LogP contribution < -0.4 is 21.9 Å². The molecule has 1 aliphatic heterocycles. The molecule has 24 heavy (non-hydrogen) atoms. The molecule has 2 aromatic heterocycles. The summed E-state index contributed by atoms with van der Waals surface area (Å²) in [6, 6.07) is 3.52. The Hall–Kier alpha value is -2.48. The number of rotatable bonds is 2. The van der Waals surface area contributed by atoms with Gasteiger partial charge in [0.1, 0.15) is 11.3 Å². The fourth-order valence-corrected chi connectivity index (χ4v) is 3.10. The van der Waals surface area contributed by atoms with Crippen molar-refractivity contribution in [3.05, 3.63) is 38.7 Å². The molecule has 3 rings (SSSR count). The molecule has 2 aromatic rings. The molecule has 2 N–H and O–H groups in total. The van der Waals surface area contributed by atoms with Gasteiger partial charge in [-0.3, -0.25) is 18.7 Å². The first kappa shape index (κ1) is 16.4. The van der Waals surface area contributed by atoms with Crippen LogP contribution in [-0.4, -0.2) is 38.7 Å². The lowest BCUT2D eigenvalue weighted by Gasteiger charge is -2.28. The molecule has 2 unspecified atom stereocenters. The Bertz CT molecular complexity index is 914. The maximum atomic E-state index is 12.4. The van der Waals surface area contributed by atoms with Gasteiger partial charge in [0.25, 0.3) is 11.5 Å². The molecule has 2 atom stereocenters. The van der Waals surface area contributed by atoms with Gasteiger partial charge in [-0.2, -0.15) is 0 Å². The number of hydrogen-bond donors (Lipinski definition) is 2. The Morgan fingerprint density at radius 2 is 2.04 bits per heavy atom. The molecule has 3 heterocycles. The highest BCUT2D eigenvalue weighted by atomic mass is 16.2. The second-order valence-electron chi connectivity index (χ2n) is 6.32. The van der Waals surface area contributed by atoms with Crippen molar-refractivity contribution in [2.75, 3.05) is 6.54 Å². The lowest BCUT2D eigenvalue weighted by Crippen LogP contribution is -2.46. The molecule has 1 aliphatic rings. The van der Waals surface area contributed by atoms with E-state index in [9.17, 15) is 14.4 Å². The summed E-state index contributed by atoms with van der Waals surface area (Å²) < 4.78 is 2.31. The summed E-state index contributed by atoms with van der Waals surface area (Å²) in [6.45, 7) is 2.94. The lowest BCUT2D eigenvalue weighted by atomic mass is 10.0. The van der Waals surface area contributed by atoms with Gasteiger partial charge in [-0.25, -0.2) is 9.78 Å². The Kier molecular flexibility index (Phi) is 4.23. The number of carbonyl (C=O) groups excluding carboxylic acids is 1. The van der Waals surface area contributed by atoms with Crippen molar-refractivity contribution < 1.29 is 4.79 Å². The summed E-state index contributed by atoms with van der Waals surface area (Å²) in [5, 5.41) is 6.62. The number of nitrogens with zero attached hydrogens (tertiary/aromatic N) is 3. The van der Waals surface area contributed by atoms with Crippen molar-refractivity contribution in [1.29, 1.82) is 0 Å². The SMILES string of the molecule is CC1CC(NC(=O)c2ccc3c(=O)n(C)c(=O)n(C)c3n2)CCN1. The van der Waals surface area contributed by atoms with E-state index in [1.165, 1.54) is 24.7 Å². The van der Waals surface area contributed by atoms with Crippen LogP contribution in [0.3, 0.4) is 0 Å². The Balaban J connectivity index is 1.94. The maximum Gasteiger partial charge on any atom is 0.332 e. The van der Waals surface area contributed by atoms with Crippen LogP contribution in [0.1, 0.15) is 30.3 Å². The van der Waals surface area contributed by atoms with Crippen molar-refractivity contribution >= 4 is 16.9 Å². The summed E-state index contributed by atoms with van der Waals surface area (Å²) in [6.07, 6.45) is 1.72. The van der Waals surface area contributed by atoms with E-state index >= 15 is 0 Å². The quantitative estimate of drug-likeness (QED) is 0.773. The van der Waals surface area contributed by atoms with Gasteiger partial charge in [0.15, 0.2) is 0 Å². The summed E-state index contributed by atoms with van der Waals surface area (Å²) >= 11 is 0. The van der Waals surface area contributed by atoms with E-state index in [4.69, 9.17) is 0 Å². The molecule has 0 aromatic carbocycles. The van der Waals surface area contributed by atoms with E-state index in [-0.39, 0.29) is 23.3 Å². The van der Waals surface area contributed by atoms with E-state index in [0.717, 1.165) is 24.0 Å². The molecule has 1 amide bonds. The zero-order valence-electron chi connectivity index (χ0n) is 14.0. The summed E-state index contributed by atoms with van der Waals surface area (Å²) in [7, 11) is 2.95. The predicted octanol–water partition coefficient (Wildman–Crippen LogP) is -0.497. The summed E-state index contributed by atoms with van der Waals surface area (Å²) in [5.41, 5.74) is -0.462. The van der Waals surface area contributed by atoms with Gasteiger partial charge in [-0.15, -0.1) is 0 Å². The Labute approximate surface area is 138 Å². The molecule has 1 saturated heterocycles. The third-order valence-electron chi connectivity index (χ3n) is 4.49. The van der Waals surface area contributed by atoms with E-state index in [2.05, 4.69) is 22.5 Å². The number of pyridine rings is 1. The molecule has 0 bridgehead atoms. The molecule has 8 nitrogen and oxygen atoms in total. The van der Waals surface area contributed by atoms with Gasteiger partial charge >= 0.3 is 5.69 Å². The van der Waals surface area contributed by atoms with Crippen LogP contribution in [0.25, 0.3) is 11.0 Å². The number of amides is 1. The first-order valence-corrected chi connectivity index (χ1v) is 7.99. The minimum atomic E-state index is -0.468. The van der Waals surface area contributed by atoms with Gasteiger partial charge in [0.05, 0.1) is 5.39 Å². The molecule has 128 valence electrons. The molecule has 8 heteroatoms. The molecular weight excluding hydrogens is 310 g/mol. The number of fused-ring (bicyclic) bond motifs is 1. The highest BCUT2D eigenvalue weighted by Crippen LogP contribution is 2.10. The molecule has 0 radical (unpaired) electrons. The van der Waals surface area contributed by atoms with Crippen LogP contribution in [0.2, 0.25) is 0 Å². The fraction of sp³-hybridized carbons (Fsp3) is 0.500. The van der Waals surface area contributed by atoms with Crippen molar-refractivity contribution in [2.45, 2.75) is 31.8 Å². The van der Waals surface area contributed by atoms with Gasteiger partial charge in [-0.05, 0) is 38.4 Å². The second-order valence-corrected chi connectivity index (χ2v) is 6.32. The highest BCUT2D eigenvalue weighted by molar-refractivity contribution is 5.94. The van der Waals surface area contributed by atoms with E-state index in [0.29, 0.717) is 11.4 Å². The monoisotopic (exact) mass is 331 g/mol. The first-order valence-electron chi connectivity index (χ1n) is 7.99. The van der Waals surface area contributed by atoms with Gasteiger partial charge in [0, 0.05) is 26.2 Å². The summed E-state index contributed by atoms with van der Waals surface area (Å²) in [5.74, 6) is -0.288. The minimum Gasteiger partial charge on any atom is -0.348 e. The molecule has 0 aliphatic carbocycles. The minimum absolute atomic E-state index is 0.0960. The largest absolute Gasteiger partial charge is 0.348 e. The zero-order valence-corrected chi connectivity index (χ0v) is 14.0. The number of hydrogen-bond acceptors (Lipinski definition) is 5. The van der Waals surface area contributed by atoms with Crippen molar-refractivity contribution in [1.82, 2.24) is 24.8 Å². The average Bonchev–Trinajstić information content (AvgIpc) is 2.57. The van der Waals surface area contributed by atoms with Crippen LogP contribution in [0, 0.1) is 0 Å². The van der Waals surface area contributed by atoms with Crippen molar-refractivity contribution in [3.8, 4) is 0 Å². The smallest absolute Gasteiger partial charge is 0.332 e. The topological polar surface area (TPSA) is 98.0 Å². The predicted molar refractivity (Wildman–Crippen MR) is 90.2 cm³/mol. The van der Waals surface area contributed by atoms with Gasteiger partial charge < -0.3 is 10.6 Å². The molecule has 1 fully saturated rings. The first-order chi connectivity index (χ1) is 11.4. The van der Waals surface area contributed by atoms with E-state index in [1.54, 1.807) is 6.07 Å². The normalized spacial score (nSPS) is 21.0. The number of aryl methyl sites for hydroxylation is 1. The van der Waals surface area contributed by atoms with Crippen LogP contribution >= 0.6 is 0 Å². The third kappa shape index (κ3) is 2.84. The maximum absolute atomic E-state index is 12.4. The number of carbonyl (C=O) groups is 1. The van der Waals surface area contributed by atoms with E-state index in [1.807, 2.05) is 0 Å². The van der Waals surface area contributed by atoms with Crippen molar-refractivity contribution in [2.24, 2.45) is 14.1 Å². The van der Waals surface area contributed by atoms with Crippen LogP contribution in [0.4, 0.5) is 0 Å². The molecular formula is C16H21N5O3. The van der Waals surface area contributed by atoms with E-state index < -0.39 is 11.2 Å². The van der Waals surface area contributed by atoms with Crippen LogP contribution in [-0.2, 0) is 14.1 Å². The van der Waals surface area contributed by atoms with Crippen molar-refractivity contribution in [3.63, 3.8) is 0 Å². The van der Waals surface area contributed by atoms with Crippen LogP contribution in [0.5, 0.6) is 0 Å². The highest BCUT2D eigenvalue weighted by Gasteiger charge is 2.21. The fourth-order valence-electron chi connectivity index (χ4n) is 3.10. The lowest BCUT2D eigenvalue weighted by molar-refractivity contribution is 0.0921. The molecule has 0 saturated carbocycles. The number of piperidine rings is 1. The Morgan fingerprint density at radius 1 is 1.29 bits per heavy atom. The van der Waals surface area contributed by atoms with Gasteiger partial charge in [0.2, 0.25) is 0 Å². The Morgan fingerprint density at radius 3 is 2.75 bits per heavy atom. The summed E-state index contributed by atoms with van der Waals surface area (Å²) in [4.78, 5) is 40.8. The van der Waals surface area contributed by atoms with Gasteiger partial charge in [-0.1, -0.05) is 0 Å². The standard InChI is InChI=1S/C16H21N5O3/c1-9-8-10(6-7-17-9)18-14(22)12-5-4-11-13(19-12)20(2)16(24)21(3)15(11)23/h4-5,9-10,17H,6-8H2,1-3H3,(H,18,22). The number of aromatic nitrogens is 3. The molecule has 0 spiro atoms.